The first kappa shape index (κ1) is 53.3. The second kappa shape index (κ2) is 24.2. The summed E-state index contributed by atoms with van der Waals surface area (Å²) in [4.78, 5) is 21.1. The normalized spacial score (nSPS) is 11.2. The summed E-state index contributed by atoms with van der Waals surface area (Å²) in [6.45, 7) is 0. The summed E-state index contributed by atoms with van der Waals surface area (Å²) in [5.74, 6) is -0.216. The molecule has 0 fully saturated rings. The zero-order valence-electron chi connectivity index (χ0n) is 44.5. The molecule has 0 atom stereocenters. The number of ketones is 1. The number of fused-ring (bicyclic) bond motifs is 9. The van der Waals surface area contributed by atoms with Crippen molar-refractivity contribution in [2.45, 2.75) is 0 Å². The van der Waals surface area contributed by atoms with Crippen LogP contribution in [0.1, 0.15) is 15.9 Å². The summed E-state index contributed by atoms with van der Waals surface area (Å²) < 4.78 is 4.72. The van der Waals surface area contributed by atoms with Gasteiger partial charge in [0.15, 0.2) is 5.78 Å². The van der Waals surface area contributed by atoms with Crippen molar-refractivity contribution in [3.63, 3.8) is 0 Å². The van der Waals surface area contributed by atoms with Gasteiger partial charge in [-0.25, -0.2) is 0 Å². The minimum atomic E-state index is -0.202. The predicted molar refractivity (Wildman–Crippen MR) is 336 cm³/mol. The molecule has 0 aliphatic rings. The fraction of sp³-hybridized carbons (Fsp3) is 0. The van der Waals surface area contributed by atoms with E-state index in [1.165, 1.54) is 94.4 Å². The molecule has 388 valence electrons. The molecule has 4 heterocycles. The van der Waals surface area contributed by atoms with Crippen LogP contribution in [0, 0.1) is 49.4 Å². The average molecular weight is 1190 g/mol. The molecule has 1 N–H and O–H groups in total. The number of aliphatic hydroxyl groups is 1. The molecule has 7 heteroatoms. The molecule has 0 bridgehead atoms. The number of allylic oxidation sites excluding steroid dienone is 1. The molecule has 11 aromatic carbocycles. The van der Waals surface area contributed by atoms with Crippen molar-refractivity contribution in [2.75, 3.05) is 0 Å². The summed E-state index contributed by atoms with van der Waals surface area (Å²) in [5.41, 5.74) is 17.6. The molecule has 15 aromatic rings. The number of hydrogen-bond donors (Lipinski definition) is 1. The Balaban J connectivity index is 0.000000131. The number of aliphatic hydroxyl groups excluding tert-OH is 1. The van der Waals surface area contributed by atoms with Crippen LogP contribution in [0.5, 0.6) is 0 Å². The molecule has 0 aliphatic heterocycles. The number of rotatable bonds is 8. The smallest absolute Gasteiger partial charge is 0.507 e. The van der Waals surface area contributed by atoms with Crippen molar-refractivity contribution in [2.24, 2.45) is 0 Å². The van der Waals surface area contributed by atoms with E-state index in [2.05, 4.69) is 237 Å². The zero-order valence-corrected chi connectivity index (χ0v) is 46.9. The van der Waals surface area contributed by atoms with E-state index in [9.17, 15) is 9.90 Å². The number of aromatic nitrogens is 4. The molecule has 4 aromatic heterocycles. The van der Waals surface area contributed by atoms with Crippen molar-refractivity contribution in [3.8, 4) is 44.8 Å². The predicted octanol–water partition coefficient (Wildman–Crippen LogP) is 19.1. The van der Waals surface area contributed by atoms with Crippen LogP contribution >= 0.6 is 0 Å². The third-order valence-corrected chi connectivity index (χ3v) is 14.9. The second-order valence-electron chi connectivity index (χ2n) is 19.8. The molecule has 82 heavy (non-hydrogen) atoms. The van der Waals surface area contributed by atoms with E-state index in [0.717, 1.165) is 21.8 Å². The van der Waals surface area contributed by atoms with Crippen molar-refractivity contribution >= 4 is 77.0 Å². The van der Waals surface area contributed by atoms with Crippen molar-refractivity contribution in [3.05, 3.63) is 321 Å². The third-order valence-electron chi connectivity index (χ3n) is 14.9. The monoisotopic (exact) mass is 1190 g/mol. The molecule has 15 rings (SSSR count). The van der Waals surface area contributed by atoms with E-state index < -0.39 is 0 Å². The van der Waals surface area contributed by atoms with Gasteiger partial charge in [0.1, 0.15) is 5.76 Å². The van der Waals surface area contributed by atoms with Crippen LogP contribution in [0.4, 0.5) is 0 Å². The van der Waals surface area contributed by atoms with E-state index in [0.29, 0.717) is 11.1 Å². The van der Waals surface area contributed by atoms with Gasteiger partial charge >= 0.3 is 49.4 Å². The summed E-state index contributed by atoms with van der Waals surface area (Å²) in [6.07, 6.45) is 4.99. The number of para-hydroxylation sites is 4. The maximum atomic E-state index is 11.8. The Hall–Kier alpha value is -9.37. The summed E-state index contributed by atoms with van der Waals surface area (Å²) in [7, 11) is 0. The number of carbonyl (C=O) groups excluding carboxylic acids is 1. The van der Waals surface area contributed by atoms with Gasteiger partial charge in [0.05, 0.1) is 33.1 Å². The molecular weight excluding hydrogens is 1140 g/mol. The Morgan fingerprint density at radius 1 is 0.317 bits per heavy atom. The number of hydrogen-bond acceptors (Lipinski definition) is 4. The first-order valence-electron chi connectivity index (χ1n) is 27.1. The molecule has 0 unspecified atom stereocenters. The van der Waals surface area contributed by atoms with Crippen LogP contribution in [-0.4, -0.2) is 30.0 Å². The fourth-order valence-corrected chi connectivity index (χ4v) is 11.1. The van der Waals surface area contributed by atoms with Gasteiger partial charge < -0.3 is 14.2 Å². The standard InChI is InChI=1S/C36H24N2.C24H16N2.C15H12O2.Eu/c1-5-13-33-29(9-1)30-10-2-6-14-34(30)37(33)27-21-17-25(18-22-27)26-19-23-28(24-20-26)38-35-15-7-3-11-31(35)32-12-4-8-16-36(32)38;1-3-7-17(8-4-1)19-13-15-25-23-21(19)11-12-22-20(14-16-26-24(22)23)18-9-5-2-6-10-18;16-14(12-7-3-1-4-8-12)11-15(17)13-9-5-2-6-10-13;/h1-24H;1-16H;1-11,16H;/q;;;+3/b;;14-11-;. The number of benzene rings is 11. The first-order valence-corrected chi connectivity index (χ1v) is 27.1. The molecule has 0 radical (unpaired) electrons. The van der Waals surface area contributed by atoms with Crippen molar-refractivity contribution in [1.82, 2.24) is 19.1 Å². The maximum absolute atomic E-state index is 11.8. The van der Waals surface area contributed by atoms with E-state index in [4.69, 9.17) is 0 Å². The Labute approximate surface area is 516 Å². The second-order valence-corrected chi connectivity index (χ2v) is 19.8. The Bertz CT molecular complexity index is 4390. The van der Waals surface area contributed by atoms with Crippen LogP contribution < -0.4 is 0 Å². The topological polar surface area (TPSA) is 72.9 Å². The fourth-order valence-electron chi connectivity index (χ4n) is 11.1. The first-order chi connectivity index (χ1) is 40.1. The van der Waals surface area contributed by atoms with Gasteiger partial charge in [0.25, 0.3) is 0 Å². The number of pyridine rings is 2. The number of carbonyl (C=O) groups is 1. The van der Waals surface area contributed by atoms with E-state index in [1.807, 2.05) is 48.8 Å². The molecule has 0 saturated carbocycles. The Morgan fingerprint density at radius 2 is 0.634 bits per heavy atom. The van der Waals surface area contributed by atoms with Gasteiger partial charge in [-0.15, -0.1) is 0 Å². The van der Waals surface area contributed by atoms with Crippen LogP contribution in [0.15, 0.2) is 310 Å². The minimum absolute atomic E-state index is 0. The van der Waals surface area contributed by atoms with Crippen LogP contribution in [0.3, 0.4) is 0 Å². The van der Waals surface area contributed by atoms with Gasteiger partial charge in [-0.3, -0.25) is 14.8 Å². The number of nitrogens with zero attached hydrogens (tertiary/aromatic N) is 4. The molecule has 0 spiro atoms. The van der Waals surface area contributed by atoms with E-state index in [-0.39, 0.29) is 60.9 Å². The van der Waals surface area contributed by atoms with Crippen molar-refractivity contribution in [1.29, 1.82) is 0 Å². The molecule has 0 aliphatic carbocycles. The zero-order chi connectivity index (χ0) is 54.5. The third kappa shape index (κ3) is 10.6. The molecule has 0 amide bonds. The summed E-state index contributed by atoms with van der Waals surface area (Å²) in [6, 6.07) is 99.6. The van der Waals surface area contributed by atoms with Gasteiger partial charge in [-0.05, 0) is 94.0 Å². The summed E-state index contributed by atoms with van der Waals surface area (Å²) in [5, 5.41) is 17.2. The molecule has 0 saturated heterocycles. The molecule has 6 nitrogen and oxygen atoms in total. The Kier molecular flexibility index (Phi) is 15.7. The van der Waals surface area contributed by atoms with E-state index in [1.54, 1.807) is 36.4 Å². The van der Waals surface area contributed by atoms with Crippen LogP contribution in [-0.2, 0) is 0 Å². The summed E-state index contributed by atoms with van der Waals surface area (Å²) >= 11 is 0. The average Bonchev–Trinajstić information content (AvgIpc) is 4.26. The van der Waals surface area contributed by atoms with Crippen LogP contribution in [0.25, 0.3) is 116 Å². The van der Waals surface area contributed by atoms with Gasteiger partial charge in [0.2, 0.25) is 0 Å². The largest absolute Gasteiger partial charge is 3.00 e. The van der Waals surface area contributed by atoms with Crippen LogP contribution in [0.2, 0.25) is 0 Å². The quantitative estimate of drug-likeness (QED) is 0.0712. The minimum Gasteiger partial charge on any atom is -0.507 e. The van der Waals surface area contributed by atoms with Crippen molar-refractivity contribution < 1.29 is 59.3 Å². The van der Waals surface area contributed by atoms with Gasteiger partial charge in [-0.2, -0.15) is 0 Å². The van der Waals surface area contributed by atoms with Gasteiger partial charge in [-0.1, -0.05) is 231 Å². The van der Waals surface area contributed by atoms with E-state index >= 15 is 0 Å². The molecular formula is C75H52EuN4O2+3. The van der Waals surface area contributed by atoms with Gasteiger partial charge in [0, 0.05) is 73.3 Å². The SMILES string of the molecule is O=C(/C=C(\O)c1ccccc1)c1ccccc1.[Eu+3].c1ccc(-c2ccnc3c2ccc2c(-c4ccccc4)ccnc23)cc1.c1ccc2c(c1)c1ccccc1n2-c1ccc(-c2ccc(-n3c4ccccc4c4ccccc43)cc2)cc1. The Morgan fingerprint density at radius 3 is 1.00 bits per heavy atom. The maximum Gasteiger partial charge on any atom is 3.00 e.